The summed E-state index contributed by atoms with van der Waals surface area (Å²) in [5.74, 6) is -5.65. The molecule has 2 unspecified atom stereocenters. The summed E-state index contributed by atoms with van der Waals surface area (Å²) in [6.45, 7) is 4.43. The van der Waals surface area contributed by atoms with Crippen LogP contribution in [-0.4, -0.2) is 29.7 Å². The first kappa shape index (κ1) is 50.5. The van der Waals surface area contributed by atoms with E-state index in [1.807, 2.05) is 0 Å². The summed E-state index contributed by atoms with van der Waals surface area (Å²) in [5.41, 5.74) is 0. The Labute approximate surface area is 356 Å². The fourth-order valence-corrected chi connectivity index (χ4v) is 7.33. The number of rotatable bonds is 32. The second kappa shape index (κ2) is 33.6. The maximum Gasteiger partial charge on any atom is 1.00 e. The molecule has 0 bridgehead atoms. The molecule has 44 heavy (non-hydrogen) atoms. The van der Waals surface area contributed by atoms with Gasteiger partial charge < -0.3 is 19.8 Å². The largest absolute Gasteiger partial charge is 1.00 e. The van der Waals surface area contributed by atoms with Crippen LogP contribution in [0.2, 0.25) is 0 Å². The molecule has 0 radical (unpaired) electrons. The molecule has 0 aromatic rings. The van der Waals surface area contributed by atoms with E-state index in [4.69, 9.17) is 0 Å². The van der Waals surface area contributed by atoms with Crippen LogP contribution in [0, 0.1) is 5.92 Å². The SMILES string of the molecule is CCCCCCCCCCCCCCCC(C(=O)[O-])C(CCCCCCCCCCCCCCC)(C(=O)[O-])S(=O)(=O)O.[K+].[K+]. The topological polar surface area (TPSA) is 135 Å². The summed E-state index contributed by atoms with van der Waals surface area (Å²) < 4.78 is 31.8. The fraction of sp³-hybridized carbons (Fsp3) is 0.941. The van der Waals surface area contributed by atoms with E-state index in [0.717, 1.165) is 44.9 Å². The molecular weight excluding hydrogens is 631 g/mol. The van der Waals surface area contributed by atoms with Crippen molar-refractivity contribution >= 4 is 22.1 Å². The number of unbranched alkanes of at least 4 members (excludes halogenated alkanes) is 24. The third kappa shape index (κ3) is 24.3. The van der Waals surface area contributed by atoms with Crippen LogP contribution in [0.3, 0.4) is 0 Å². The summed E-state index contributed by atoms with van der Waals surface area (Å²) in [7, 11) is -5.24. The summed E-state index contributed by atoms with van der Waals surface area (Å²) in [5, 5.41) is 24.2. The van der Waals surface area contributed by atoms with Crippen molar-refractivity contribution in [2.75, 3.05) is 0 Å². The Kier molecular flexibility index (Phi) is 38.6. The molecule has 1 N–H and O–H groups in total. The van der Waals surface area contributed by atoms with Gasteiger partial charge in [-0.15, -0.1) is 0 Å². The van der Waals surface area contributed by atoms with Gasteiger partial charge in [-0.2, -0.15) is 8.42 Å². The number of hydrogen-bond acceptors (Lipinski definition) is 6. The maximum absolute atomic E-state index is 12.4. The van der Waals surface area contributed by atoms with Gasteiger partial charge in [0, 0.05) is 11.9 Å². The van der Waals surface area contributed by atoms with Gasteiger partial charge in [0.05, 0.1) is 5.97 Å². The Bertz CT molecular complexity index is 780. The third-order valence-electron chi connectivity index (χ3n) is 8.90. The van der Waals surface area contributed by atoms with E-state index in [0.29, 0.717) is 19.3 Å². The van der Waals surface area contributed by atoms with E-state index in [-0.39, 0.29) is 116 Å². The maximum atomic E-state index is 12.4. The van der Waals surface area contributed by atoms with Crippen LogP contribution in [-0.2, 0) is 19.7 Å². The van der Waals surface area contributed by atoms with Crippen molar-refractivity contribution in [3.63, 3.8) is 0 Å². The fourth-order valence-electron chi connectivity index (χ4n) is 6.15. The molecule has 0 fully saturated rings. The summed E-state index contributed by atoms with van der Waals surface area (Å²) in [6, 6.07) is 0. The van der Waals surface area contributed by atoms with Crippen molar-refractivity contribution in [2.45, 2.75) is 198 Å². The van der Waals surface area contributed by atoms with Crippen molar-refractivity contribution in [1.29, 1.82) is 0 Å². The van der Waals surface area contributed by atoms with Gasteiger partial charge in [-0.1, -0.05) is 181 Å². The Balaban J connectivity index is -0.00000840. The number of carbonyl (C=O) groups excluding carboxylic acids is 2. The Morgan fingerprint density at radius 3 is 1.07 bits per heavy atom. The zero-order valence-electron chi connectivity index (χ0n) is 29.2. The van der Waals surface area contributed by atoms with E-state index < -0.39 is 39.1 Å². The van der Waals surface area contributed by atoms with Crippen molar-refractivity contribution < 1.29 is 136 Å². The minimum atomic E-state index is -5.24. The average molecular weight is 695 g/mol. The second-order valence-corrected chi connectivity index (χ2v) is 14.2. The third-order valence-corrected chi connectivity index (χ3v) is 10.5. The first-order valence-corrected chi connectivity index (χ1v) is 19.0. The molecule has 0 aliphatic heterocycles. The first-order valence-electron chi connectivity index (χ1n) is 17.5. The average Bonchev–Trinajstić information content (AvgIpc) is 2.93. The van der Waals surface area contributed by atoms with E-state index in [2.05, 4.69) is 13.8 Å². The molecule has 250 valence electrons. The number of aliphatic carboxylic acids is 2. The van der Waals surface area contributed by atoms with Gasteiger partial charge in [0.2, 0.25) is 0 Å². The summed E-state index contributed by atoms with van der Waals surface area (Å²) in [4.78, 5) is 24.2. The molecule has 0 heterocycles. The standard InChI is InChI=1S/C34H66O7S.2K/c1-3-5-7-9-11-13-15-17-19-21-23-25-27-29-31(32(35)36)34(33(37)38,42(39,40)41)30-28-26-24-22-20-18-16-14-12-10-8-6-4-2;;/h31H,3-30H2,1-2H3,(H,35,36)(H,37,38)(H,39,40,41);;/q;2*+1/p-2. The molecule has 0 amide bonds. The van der Waals surface area contributed by atoms with Gasteiger partial charge in [-0.25, -0.2) is 0 Å². The van der Waals surface area contributed by atoms with Gasteiger partial charge in [0.25, 0.3) is 10.1 Å². The zero-order valence-corrected chi connectivity index (χ0v) is 36.2. The summed E-state index contributed by atoms with van der Waals surface area (Å²) >= 11 is 0. The van der Waals surface area contributed by atoms with Crippen LogP contribution in [0.15, 0.2) is 0 Å². The van der Waals surface area contributed by atoms with Crippen LogP contribution in [0.5, 0.6) is 0 Å². The minimum absolute atomic E-state index is 0. The minimum Gasteiger partial charge on any atom is -0.550 e. The molecule has 0 rings (SSSR count). The number of carboxylic acid groups (broad SMARTS) is 2. The van der Waals surface area contributed by atoms with Crippen LogP contribution >= 0.6 is 0 Å². The van der Waals surface area contributed by atoms with Gasteiger partial charge in [-0.3, -0.25) is 4.55 Å². The second-order valence-electron chi connectivity index (χ2n) is 12.5. The number of hydrogen-bond donors (Lipinski definition) is 1. The number of carboxylic acids is 2. The Morgan fingerprint density at radius 1 is 0.545 bits per heavy atom. The smallest absolute Gasteiger partial charge is 0.550 e. The van der Waals surface area contributed by atoms with Crippen LogP contribution < -0.4 is 113 Å². The van der Waals surface area contributed by atoms with Gasteiger partial charge >= 0.3 is 103 Å². The van der Waals surface area contributed by atoms with Gasteiger partial charge in [0.1, 0.15) is 4.75 Å². The predicted octanol–water partition coefficient (Wildman–Crippen LogP) is 1.70. The Morgan fingerprint density at radius 2 is 0.818 bits per heavy atom. The van der Waals surface area contributed by atoms with Crippen molar-refractivity contribution in [3.05, 3.63) is 0 Å². The van der Waals surface area contributed by atoms with Gasteiger partial charge in [0.15, 0.2) is 0 Å². The predicted molar refractivity (Wildman–Crippen MR) is 168 cm³/mol. The Hall–Kier alpha value is 2.12. The molecule has 0 saturated carbocycles. The molecule has 10 heteroatoms. The molecular formula is C34H64K2O7S. The van der Waals surface area contributed by atoms with Crippen molar-refractivity contribution in [3.8, 4) is 0 Å². The molecule has 0 spiro atoms. The van der Waals surface area contributed by atoms with E-state index in [9.17, 15) is 32.8 Å². The molecule has 0 aromatic heterocycles. The van der Waals surface area contributed by atoms with E-state index in [1.165, 1.54) is 96.3 Å². The molecule has 2 atom stereocenters. The van der Waals surface area contributed by atoms with Crippen LogP contribution in [0.1, 0.15) is 194 Å². The van der Waals surface area contributed by atoms with Crippen molar-refractivity contribution in [2.24, 2.45) is 5.92 Å². The molecule has 0 aliphatic carbocycles. The number of carbonyl (C=O) groups is 2. The van der Waals surface area contributed by atoms with E-state index in [1.54, 1.807) is 0 Å². The molecule has 7 nitrogen and oxygen atoms in total. The molecule has 0 saturated heterocycles. The van der Waals surface area contributed by atoms with Gasteiger partial charge in [-0.05, 0) is 12.8 Å². The normalized spacial score (nSPS) is 13.4. The van der Waals surface area contributed by atoms with Crippen LogP contribution in [0.25, 0.3) is 0 Å². The van der Waals surface area contributed by atoms with Crippen molar-refractivity contribution in [1.82, 2.24) is 0 Å². The molecule has 0 aliphatic rings. The monoisotopic (exact) mass is 694 g/mol. The quantitative estimate of drug-likeness (QED) is 0.0644. The zero-order chi connectivity index (χ0) is 31.5. The molecule has 0 aromatic carbocycles. The summed E-state index contributed by atoms with van der Waals surface area (Å²) in [6.07, 6.45) is 27.1. The first-order chi connectivity index (χ1) is 20.1. The van der Waals surface area contributed by atoms with E-state index >= 15 is 0 Å². The van der Waals surface area contributed by atoms with Crippen LogP contribution in [0.4, 0.5) is 0 Å².